The smallest absolute Gasteiger partial charge is 0.398 e. The van der Waals surface area contributed by atoms with Gasteiger partial charge < -0.3 is 9.31 Å². The molecule has 1 saturated carbocycles. The zero-order valence-corrected chi connectivity index (χ0v) is 13.8. The number of hydrogen-bond donors (Lipinski definition) is 0. The van der Waals surface area contributed by atoms with Crippen molar-refractivity contribution >= 4 is 7.12 Å². The molecule has 0 spiro atoms. The first kappa shape index (κ1) is 16.0. The summed E-state index contributed by atoms with van der Waals surface area (Å²) >= 11 is 0. The van der Waals surface area contributed by atoms with E-state index in [0.717, 1.165) is 0 Å². The molecule has 0 bridgehead atoms. The van der Waals surface area contributed by atoms with Gasteiger partial charge in [0.15, 0.2) is 0 Å². The molecular formula is C16H28BFO2. The minimum atomic E-state index is -0.860. The summed E-state index contributed by atoms with van der Waals surface area (Å²) in [5.41, 5.74) is -1.38. The van der Waals surface area contributed by atoms with Crippen molar-refractivity contribution in [2.45, 2.75) is 78.4 Å². The average molecular weight is 282 g/mol. The second kappa shape index (κ2) is 5.13. The molecule has 1 heterocycles. The SMILES string of the molecule is CC(C)(C=C(F)B1OC(C)(C)C(C)(C)O1)C1CCCC1. The summed E-state index contributed by atoms with van der Waals surface area (Å²) in [7, 11) is -0.860. The van der Waals surface area contributed by atoms with Crippen molar-refractivity contribution in [3.8, 4) is 0 Å². The molecule has 1 aliphatic heterocycles. The Morgan fingerprint density at radius 1 is 1.10 bits per heavy atom. The molecule has 0 unspecified atom stereocenters. The summed E-state index contributed by atoms with van der Waals surface area (Å²) in [6.07, 6.45) is 6.64. The van der Waals surface area contributed by atoms with Gasteiger partial charge in [-0.3, -0.25) is 0 Å². The third kappa shape index (κ3) is 2.96. The van der Waals surface area contributed by atoms with E-state index in [9.17, 15) is 4.39 Å². The lowest BCUT2D eigenvalue weighted by Crippen LogP contribution is -2.41. The van der Waals surface area contributed by atoms with Crippen molar-refractivity contribution in [2.75, 3.05) is 0 Å². The van der Waals surface area contributed by atoms with E-state index >= 15 is 0 Å². The number of hydrogen-bond acceptors (Lipinski definition) is 2. The standard InChI is InChI=1S/C16H28BFO2/c1-14(2,12-9-7-8-10-12)11-13(18)17-19-15(3,4)16(5,6)20-17/h11-12H,7-10H2,1-6H3. The van der Waals surface area contributed by atoms with Gasteiger partial charge in [-0.15, -0.1) is 0 Å². The topological polar surface area (TPSA) is 18.5 Å². The second-order valence-corrected chi connectivity index (χ2v) is 7.92. The molecule has 1 saturated heterocycles. The van der Waals surface area contributed by atoms with Gasteiger partial charge in [0.1, 0.15) is 5.73 Å². The van der Waals surface area contributed by atoms with E-state index in [1.807, 2.05) is 27.7 Å². The second-order valence-electron chi connectivity index (χ2n) is 7.92. The van der Waals surface area contributed by atoms with Gasteiger partial charge in [0.25, 0.3) is 0 Å². The Morgan fingerprint density at radius 2 is 1.55 bits per heavy atom. The summed E-state index contributed by atoms with van der Waals surface area (Å²) in [6.45, 7) is 12.0. The molecule has 0 aromatic rings. The monoisotopic (exact) mass is 282 g/mol. The van der Waals surface area contributed by atoms with Crippen LogP contribution in [0.25, 0.3) is 0 Å². The minimum absolute atomic E-state index is 0.135. The van der Waals surface area contributed by atoms with E-state index in [1.54, 1.807) is 6.08 Å². The van der Waals surface area contributed by atoms with Crippen LogP contribution in [0.3, 0.4) is 0 Å². The van der Waals surface area contributed by atoms with Gasteiger partial charge in [-0.05, 0) is 51.9 Å². The maximum absolute atomic E-state index is 14.6. The lowest BCUT2D eigenvalue weighted by Gasteiger charge is -2.32. The third-order valence-corrected chi connectivity index (χ3v) is 5.40. The van der Waals surface area contributed by atoms with Gasteiger partial charge in [-0.25, -0.2) is 4.39 Å². The zero-order chi connectivity index (χ0) is 15.2. The van der Waals surface area contributed by atoms with Crippen molar-refractivity contribution in [1.82, 2.24) is 0 Å². The van der Waals surface area contributed by atoms with E-state index in [-0.39, 0.29) is 11.1 Å². The Labute approximate surface area is 123 Å². The molecule has 0 aromatic carbocycles. The van der Waals surface area contributed by atoms with E-state index in [1.165, 1.54) is 25.7 Å². The van der Waals surface area contributed by atoms with Crippen LogP contribution in [-0.4, -0.2) is 18.3 Å². The molecule has 114 valence electrons. The van der Waals surface area contributed by atoms with E-state index in [2.05, 4.69) is 13.8 Å². The number of rotatable bonds is 3. The van der Waals surface area contributed by atoms with E-state index < -0.39 is 18.3 Å². The predicted octanol–water partition coefficient (Wildman–Crippen LogP) is 4.69. The van der Waals surface area contributed by atoms with Crippen LogP contribution in [-0.2, 0) is 9.31 Å². The third-order valence-electron chi connectivity index (χ3n) is 5.40. The van der Waals surface area contributed by atoms with Gasteiger partial charge in [-0.1, -0.05) is 32.8 Å². The highest BCUT2D eigenvalue weighted by atomic mass is 19.1. The van der Waals surface area contributed by atoms with Crippen molar-refractivity contribution in [3.05, 3.63) is 11.8 Å². The van der Waals surface area contributed by atoms with Crippen LogP contribution in [0.1, 0.15) is 67.2 Å². The lowest BCUT2D eigenvalue weighted by atomic mass is 9.74. The molecule has 1 aliphatic carbocycles. The molecule has 0 N–H and O–H groups in total. The molecule has 2 aliphatic rings. The maximum Gasteiger partial charge on any atom is 0.524 e. The molecule has 2 fully saturated rings. The molecule has 2 nitrogen and oxygen atoms in total. The van der Waals surface area contributed by atoms with Crippen molar-refractivity contribution < 1.29 is 13.7 Å². The molecule has 0 atom stereocenters. The van der Waals surface area contributed by atoms with Crippen molar-refractivity contribution in [1.29, 1.82) is 0 Å². The Balaban J connectivity index is 2.11. The van der Waals surface area contributed by atoms with Crippen LogP contribution in [0.15, 0.2) is 11.8 Å². The van der Waals surface area contributed by atoms with Crippen LogP contribution in [0.5, 0.6) is 0 Å². The summed E-state index contributed by atoms with van der Waals surface area (Å²) < 4.78 is 26.1. The summed E-state index contributed by atoms with van der Waals surface area (Å²) in [6, 6.07) is 0. The molecule has 20 heavy (non-hydrogen) atoms. The molecule has 4 heteroatoms. The highest BCUT2D eigenvalue weighted by molar-refractivity contribution is 6.53. The summed E-state index contributed by atoms with van der Waals surface area (Å²) in [4.78, 5) is 0. The predicted molar refractivity (Wildman–Crippen MR) is 81.0 cm³/mol. The van der Waals surface area contributed by atoms with Crippen molar-refractivity contribution in [3.63, 3.8) is 0 Å². The van der Waals surface area contributed by atoms with Crippen LogP contribution in [0.2, 0.25) is 0 Å². The van der Waals surface area contributed by atoms with Crippen LogP contribution in [0, 0.1) is 11.3 Å². The van der Waals surface area contributed by atoms with Crippen molar-refractivity contribution in [2.24, 2.45) is 11.3 Å². The Kier molecular flexibility index (Phi) is 4.12. The van der Waals surface area contributed by atoms with Crippen LogP contribution < -0.4 is 0 Å². The quantitative estimate of drug-likeness (QED) is 0.699. The fraction of sp³-hybridized carbons (Fsp3) is 0.875. The maximum atomic E-state index is 14.6. The zero-order valence-electron chi connectivity index (χ0n) is 13.8. The Bertz CT molecular complexity index is 379. The molecular weight excluding hydrogens is 254 g/mol. The van der Waals surface area contributed by atoms with Gasteiger partial charge in [0, 0.05) is 0 Å². The highest BCUT2D eigenvalue weighted by Gasteiger charge is 2.53. The number of halogens is 1. The van der Waals surface area contributed by atoms with Gasteiger partial charge in [0.2, 0.25) is 0 Å². The van der Waals surface area contributed by atoms with Crippen LogP contribution in [0.4, 0.5) is 4.39 Å². The Morgan fingerprint density at radius 3 is 2.00 bits per heavy atom. The van der Waals surface area contributed by atoms with Gasteiger partial charge in [-0.2, -0.15) is 0 Å². The molecule has 0 aromatic heterocycles. The van der Waals surface area contributed by atoms with Gasteiger partial charge in [0.05, 0.1) is 11.2 Å². The average Bonchev–Trinajstić information content (AvgIpc) is 2.85. The minimum Gasteiger partial charge on any atom is -0.398 e. The first-order valence-electron chi connectivity index (χ1n) is 7.79. The summed E-state index contributed by atoms with van der Waals surface area (Å²) in [5.74, 6) is 0.565. The normalized spacial score (nSPS) is 27.4. The highest BCUT2D eigenvalue weighted by Crippen LogP contribution is 2.43. The van der Waals surface area contributed by atoms with Crippen LogP contribution >= 0.6 is 0 Å². The fourth-order valence-electron chi connectivity index (χ4n) is 3.17. The molecule has 0 amide bonds. The number of allylic oxidation sites excluding steroid dienone is 1. The summed E-state index contributed by atoms with van der Waals surface area (Å²) in [5, 5.41) is 0. The lowest BCUT2D eigenvalue weighted by molar-refractivity contribution is 0.00578. The van der Waals surface area contributed by atoms with E-state index in [0.29, 0.717) is 5.92 Å². The Hall–Kier alpha value is -0.345. The first-order valence-corrected chi connectivity index (χ1v) is 7.79. The first-order chi connectivity index (χ1) is 9.05. The fourth-order valence-corrected chi connectivity index (χ4v) is 3.17. The van der Waals surface area contributed by atoms with E-state index in [4.69, 9.17) is 9.31 Å². The largest absolute Gasteiger partial charge is 0.524 e. The molecule has 2 rings (SSSR count). The van der Waals surface area contributed by atoms with Gasteiger partial charge >= 0.3 is 7.12 Å². The molecule has 0 radical (unpaired) electrons.